The first-order valence-corrected chi connectivity index (χ1v) is 5.89. The molecule has 14 heavy (non-hydrogen) atoms. The second-order valence-electron chi connectivity index (χ2n) is 4.88. The molecule has 0 aromatic carbocycles. The molecule has 1 saturated heterocycles. The molecule has 2 aliphatic rings. The zero-order chi connectivity index (χ0) is 9.86. The summed E-state index contributed by atoms with van der Waals surface area (Å²) in [5.74, 6) is 0. The monoisotopic (exact) mass is 198 g/mol. The second kappa shape index (κ2) is 4.60. The van der Waals surface area contributed by atoms with Crippen LogP contribution in [0.3, 0.4) is 0 Å². The molecule has 0 amide bonds. The molecule has 2 fully saturated rings. The number of aliphatic hydroxyl groups is 1. The minimum atomic E-state index is 0.269. The third-order valence-electron chi connectivity index (χ3n) is 3.60. The van der Waals surface area contributed by atoms with Gasteiger partial charge < -0.3 is 15.3 Å². The highest BCUT2D eigenvalue weighted by molar-refractivity contribution is 4.94. The molecule has 0 aromatic rings. The number of nitrogens with zero attached hydrogens (tertiary/aromatic N) is 1. The molecule has 0 aromatic heterocycles. The normalized spacial score (nSPS) is 25.5. The Morgan fingerprint density at radius 2 is 1.93 bits per heavy atom. The molecule has 2 rings (SSSR count). The van der Waals surface area contributed by atoms with Gasteiger partial charge >= 0.3 is 0 Å². The van der Waals surface area contributed by atoms with Gasteiger partial charge in [-0.15, -0.1) is 0 Å². The Morgan fingerprint density at radius 1 is 1.21 bits per heavy atom. The maximum Gasteiger partial charge on any atom is 0.0499 e. The summed E-state index contributed by atoms with van der Waals surface area (Å²) in [7, 11) is 0. The third-order valence-corrected chi connectivity index (χ3v) is 3.60. The molecule has 1 saturated carbocycles. The summed E-state index contributed by atoms with van der Waals surface area (Å²) in [6.07, 6.45) is 5.17. The molecule has 0 spiro atoms. The van der Waals surface area contributed by atoms with Crippen molar-refractivity contribution in [2.45, 2.75) is 25.7 Å². The highest BCUT2D eigenvalue weighted by Gasteiger charge is 2.41. The van der Waals surface area contributed by atoms with E-state index in [1.54, 1.807) is 0 Å². The largest absolute Gasteiger partial charge is 0.396 e. The van der Waals surface area contributed by atoms with Gasteiger partial charge in [-0.2, -0.15) is 0 Å². The fourth-order valence-corrected chi connectivity index (χ4v) is 2.16. The standard InChI is InChI=1S/C11H22N2O/c14-10-11(3-4-11)9-12-5-8-13-6-1-2-7-13/h12,14H,1-10H2. The molecule has 82 valence electrons. The van der Waals surface area contributed by atoms with Gasteiger partial charge in [0.2, 0.25) is 0 Å². The van der Waals surface area contributed by atoms with Crippen molar-refractivity contribution in [2.75, 3.05) is 39.3 Å². The topological polar surface area (TPSA) is 35.5 Å². The van der Waals surface area contributed by atoms with E-state index in [1.165, 1.54) is 45.3 Å². The van der Waals surface area contributed by atoms with E-state index in [-0.39, 0.29) is 5.41 Å². The molecular weight excluding hydrogens is 176 g/mol. The van der Waals surface area contributed by atoms with E-state index in [4.69, 9.17) is 5.11 Å². The Kier molecular flexibility index (Phi) is 3.42. The number of likely N-dealkylation sites (tertiary alicyclic amines) is 1. The lowest BCUT2D eigenvalue weighted by atomic mass is 10.1. The molecule has 2 N–H and O–H groups in total. The van der Waals surface area contributed by atoms with Gasteiger partial charge in [0.25, 0.3) is 0 Å². The van der Waals surface area contributed by atoms with Gasteiger partial charge in [0, 0.05) is 31.7 Å². The van der Waals surface area contributed by atoms with Crippen LogP contribution in [0.25, 0.3) is 0 Å². The van der Waals surface area contributed by atoms with E-state index in [2.05, 4.69) is 10.2 Å². The predicted molar refractivity (Wildman–Crippen MR) is 57.3 cm³/mol. The minimum Gasteiger partial charge on any atom is -0.396 e. The van der Waals surface area contributed by atoms with Crippen LogP contribution in [0.15, 0.2) is 0 Å². The lowest BCUT2D eigenvalue weighted by Crippen LogP contribution is -2.34. The van der Waals surface area contributed by atoms with Crippen LogP contribution in [-0.2, 0) is 0 Å². The van der Waals surface area contributed by atoms with Crippen LogP contribution in [-0.4, -0.2) is 49.3 Å². The zero-order valence-electron chi connectivity index (χ0n) is 8.97. The van der Waals surface area contributed by atoms with E-state index in [9.17, 15) is 0 Å². The molecule has 3 heteroatoms. The van der Waals surface area contributed by atoms with Crippen LogP contribution in [0.5, 0.6) is 0 Å². The Hall–Kier alpha value is -0.120. The van der Waals surface area contributed by atoms with Crippen molar-refractivity contribution in [3.05, 3.63) is 0 Å². The second-order valence-corrected chi connectivity index (χ2v) is 4.88. The quantitative estimate of drug-likeness (QED) is 0.608. The van der Waals surface area contributed by atoms with E-state index >= 15 is 0 Å². The molecule has 0 unspecified atom stereocenters. The van der Waals surface area contributed by atoms with Gasteiger partial charge in [0.1, 0.15) is 0 Å². The fourth-order valence-electron chi connectivity index (χ4n) is 2.16. The molecule has 0 radical (unpaired) electrons. The molecule has 0 atom stereocenters. The summed E-state index contributed by atoms with van der Waals surface area (Å²) in [5, 5.41) is 12.6. The Bertz CT molecular complexity index is 174. The Labute approximate surface area is 86.5 Å². The number of rotatable bonds is 6. The minimum absolute atomic E-state index is 0.269. The summed E-state index contributed by atoms with van der Waals surface area (Å²) in [6, 6.07) is 0. The maximum absolute atomic E-state index is 9.12. The van der Waals surface area contributed by atoms with Crippen LogP contribution in [0.1, 0.15) is 25.7 Å². The summed E-state index contributed by atoms with van der Waals surface area (Å²) < 4.78 is 0. The first kappa shape index (κ1) is 10.4. The lowest BCUT2D eigenvalue weighted by Gasteiger charge is -2.17. The molecule has 0 bridgehead atoms. The first-order chi connectivity index (χ1) is 6.85. The highest BCUT2D eigenvalue weighted by Crippen LogP contribution is 2.44. The number of hydrogen-bond donors (Lipinski definition) is 2. The van der Waals surface area contributed by atoms with Crippen molar-refractivity contribution in [3.63, 3.8) is 0 Å². The Balaban J connectivity index is 1.50. The lowest BCUT2D eigenvalue weighted by molar-refractivity contribution is 0.206. The summed E-state index contributed by atoms with van der Waals surface area (Å²) in [4.78, 5) is 2.52. The van der Waals surface area contributed by atoms with Crippen molar-refractivity contribution in [3.8, 4) is 0 Å². The maximum atomic E-state index is 9.12. The summed E-state index contributed by atoms with van der Waals surface area (Å²) in [6.45, 7) is 6.21. The van der Waals surface area contributed by atoms with E-state index in [0.29, 0.717) is 6.61 Å². The molecule has 1 aliphatic heterocycles. The van der Waals surface area contributed by atoms with Crippen LogP contribution in [0, 0.1) is 5.41 Å². The number of hydrogen-bond acceptors (Lipinski definition) is 3. The SMILES string of the molecule is OCC1(CNCCN2CCCC2)CC1. The van der Waals surface area contributed by atoms with Gasteiger partial charge in [-0.3, -0.25) is 0 Å². The van der Waals surface area contributed by atoms with E-state index in [0.717, 1.165) is 13.1 Å². The zero-order valence-corrected chi connectivity index (χ0v) is 8.97. The van der Waals surface area contributed by atoms with Gasteiger partial charge in [-0.1, -0.05) is 0 Å². The average Bonchev–Trinajstić information content (AvgIpc) is 2.81. The van der Waals surface area contributed by atoms with Crippen LogP contribution in [0.2, 0.25) is 0 Å². The summed E-state index contributed by atoms with van der Waals surface area (Å²) >= 11 is 0. The summed E-state index contributed by atoms with van der Waals surface area (Å²) in [5.41, 5.74) is 0.269. The van der Waals surface area contributed by atoms with Crippen LogP contribution >= 0.6 is 0 Å². The van der Waals surface area contributed by atoms with Crippen LogP contribution in [0.4, 0.5) is 0 Å². The van der Waals surface area contributed by atoms with E-state index < -0.39 is 0 Å². The van der Waals surface area contributed by atoms with Crippen molar-refractivity contribution in [2.24, 2.45) is 5.41 Å². The molecule has 1 heterocycles. The van der Waals surface area contributed by atoms with Gasteiger partial charge in [0.05, 0.1) is 0 Å². The fraction of sp³-hybridized carbons (Fsp3) is 1.00. The van der Waals surface area contributed by atoms with Crippen molar-refractivity contribution in [1.82, 2.24) is 10.2 Å². The average molecular weight is 198 g/mol. The smallest absolute Gasteiger partial charge is 0.0499 e. The molecule has 3 nitrogen and oxygen atoms in total. The van der Waals surface area contributed by atoms with Gasteiger partial charge in [0.15, 0.2) is 0 Å². The van der Waals surface area contributed by atoms with Crippen molar-refractivity contribution < 1.29 is 5.11 Å². The van der Waals surface area contributed by atoms with Crippen LogP contribution < -0.4 is 5.32 Å². The number of nitrogens with one attached hydrogen (secondary N) is 1. The van der Waals surface area contributed by atoms with Crippen molar-refractivity contribution >= 4 is 0 Å². The number of aliphatic hydroxyl groups excluding tert-OH is 1. The predicted octanol–water partition coefficient (Wildman–Crippen LogP) is 0.444. The Morgan fingerprint density at radius 3 is 2.50 bits per heavy atom. The van der Waals surface area contributed by atoms with Crippen molar-refractivity contribution in [1.29, 1.82) is 0 Å². The van der Waals surface area contributed by atoms with E-state index in [1.807, 2.05) is 0 Å². The highest BCUT2D eigenvalue weighted by atomic mass is 16.3. The molecular formula is C11H22N2O. The van der Waals surface area contributed by atoms with Gasteiger partial charge in [-0.25, -0.2) is 0 Å². The van der Waals surface area contributed by atoms with Gasteiger partial charge in [-0.05, 0) is 38.8 Å². The first-order valence-electron chi connectivity index (χ1n) is 5.89. The molecule has 1 aliphatic carbocycles. The third kappa shape index (κ3) is 2.69.